The second kappa shape index (κ2) is 13.3. The normalized spacial score (nSPS) is 16.8. The molecule has 0 heterocycles. The highest BCUT2D eigenvalue weighted by atomic mass is 32.2. The summed E-state index contributed by atoms with van der Waals surface area (Å²) in [6.45, 7) is 0. The maximum atomic E-state index is 14.0. The fourth-order valence-corrected chi connectivity index (χ4v) is 7.47. The minimum atomic E-state index is -3.93. The Labute approximate surface area is 291 Å². The van der Waals surface area contributed by atoms with E-state index < -0.39 is 88.8 Å². The summed E-state index contributed by atoms with van der Waals surface area (Å²) in [5, 5.41) is 27.6. The van der Waals surface area contributed by atoms with Crippen molar-refractivity contribution in [1.82, 2.24) is 0 Å². The van der Waals surface area contributed by atoms with Gasteiger partial charge in [-0.25, -0.2) is 34.4 Å². The maximum Gasteiger partial charge on any atom is 0.313 e. The molecule has 0 saturated heterocycles. The molecule has 2 aliphatic carbocycles. The van der Waals surface area contributed by atoms with Crippen molar-refractivity contribution in [1.29, 1.82) is 10.5 Å². The van der Waals surface area contributed by atoms with E-state index in [1.54, 1.807) is 12.1 Å². The number of aliphatic hydroxyl groups is 1. The Morgan fingerprint density at radius 3 is 1.65 bits per heavy atom. The first kappa shape index (κ1) is 37.8. The summed E-state index contributed by atoms with van der Waals surface area (Å²) < 4.78 is 141. The number of Topliss-reactive ketones (excluding diaryl/α,β-unsaturated/α-hetero) is 1. The number of ether oxygens (including phenoxy) is 2. The third kappa shape index (κ3) is 7.45. The number of nitrogens with zero attached hydrogens (tertiary/aromatic N) is 2. The van der Waals surface area contributed by atoms with Crippen LogP contribution in [0, 0.1) is 34.3 Å². The van der Waals surface area contributed by atoms with Crippen LogP contribution in [0.25, 0.3) is 0 Å². The lowest BCUT2D eigenvalue weighted by Gasteiger charge is -2.15. The lowest BCUT2D eigenvalue weighted by atomic mass is 10.1. The van der Waals surface area contributed by atoms with E-state index in [0.29, 0.717) is 0 Å². The largest absolute Gasteiger partial charge is 0.457 e. The van der Waals surface area contributed by atoms with Crippen LogP contribution in [-0.4, -0.2) is 52.1 Å². The van der Waals surface area contributed by atoms with Crippen molar-refractivity contribution in [3.05, 3.63) is 106 Å². The van der Waals surface area contributed by atoms with Crippen LogP contribution in [0.15, 0.2) is 70.5 Å². The molecule has 1 atom stereocenters. The molecule has 0 aliphatic heterocycles. The van der Waals surface area contributed by atoms with Gasteiger partial charge in [0, 0.05) is 59.7 Å². The summed E-state index contributed by atoms with van der Waals surface area (Å²) >= 11 is 0. The van der Waals surface area contributed by atoms with Gasteiger partial charge >= 0.3 is 5.92 Å². The Morgan fingerprint density at radius 2 is 1.19 bits per heavy atom. The molecule has 0 amide bonds. The number of carbonyl (C=O) groups excluding carboxylic acids is 1. The number of fused-ring (bicyclic) bond motifs is 2. The standard InChI is InChI=1S/C17H12F3NO4S.C17H10F3NO4S/c2*1-26(23,24)14-3-2-13(12-7-17(19,20)16(22)15(12)14)25-11-5-9(8-21)4-10(18)6-11/h2-6,16,22H,7H2,1H3;2-6H,7H2,1H3/t16-;/m0./s1. The van der Waals surface area contributed by atoms with Crippen LogP contribution >= 0.6 is 0 Å². The van der Waals surface area contributed by atoms with Gasteiger partial charge in [-0.1, -0.05) is 0 Å². The molecule has 0 bridgehead atoms. The van der Waals surface area contributed by atoms with Crippen molar-refractivity contribution in [2.75, 3.05) is 12.5 Å². The van der Waals surface area contributed by atoms with Crippen molar-refractivity contribution < 1.29 is 62.6 Å². The summed E-state index contributed by atoms with van der Waals surface area (Å²) in [6.07, 6.45) is -2.60. The van der Waals surface area contributed by atoms with Gasteiger partial charge in [0.25, 0.3) is 5.92 Å². The van der Waals surface area contributed by atoms with Crippen LogP contribution in [0.4, 0.5) is 26.3 Å². The molecular weight excluding hydrogens is 743 g/mol. The summed E-state index contributed by atoms with van der Waals surface area (Å²) in [5.41, 5.74) is -1.57. The van der Waals surface area contributed by atoms with Crippen LogP contribution < -0.4 is 9.47 Å². The monoisotopic (exact) mass is 764 g/mol. The third-order valence-corrected chi connectivity index (χ3v) is 10.1. The van der Waals surface area contributed by atoms with Crippen LogP contribution in [0.1, 0.15) is 44.3 Å². The van der Waals surface area contributed by atoms with Gasteiger partial charge in [-0.2, -0.15) is 19.3 Å². The van der Waals surface area contributed by atoms with E-state index in [1.165, 1.54) is 18.2 Å². The van der Waals surface area contributed by atoms with E-state index in [9.17, 15) is 53.1 Å². The summed E-state index contributed by atoms with van der Waals surface area (Å²) in [6, 6.07) is 14.0. The number of ketones is 1. The molecule has 0 spiro atoms. The summed E-state index contributed by atoms with van der Waals surface area (Å²) in [5.74, 6) is -11.1. The molecule has 18 heteroatoms. The summed E-state index contributed by atoms with van der Waals surface area (Å²) in [7, 11) is -7.80. The number of hydrogen-bond acceptors (Lipinski definition) is 10. The number of aliphatic hydroxyl groups excluding tert-OH is 1. The minimum absolute atomic E-state index is 0.0326. The van der Waals surface area contributed by atoms with Crippen molar-refractivity contribution in [3.8, 4) is 35.1 Å². The molecule has 4 aromatic carbocycles. The van der Waals surface area contributed by atoms with Gasteiger partial charge in [0.05, 0.1) is 33.1 Å². The highest BCUT2D eigenvalue weighted by molar-refractivity contribution is 7.91. The molecule has 0 fully saturated rings. The molecule has 2 aliphatic rings. The van der Waals surface area contributed by atoms with Crippen molar-refractivity contribution in [2.45, 2.75) is 40.6 Å². The molecule has 4 aromatic rings. The number of rotatable bonds is 6. The number of carbonyl (C=O) groups is 1. The zero-order valence-corrected chi connectivity index (χ0v) is 28.2. The van der Waals surface area contributed by atoms with Gasteiger partial charge in [-0.3, -0.25) is 4.79 Å². The number of sulfone groups is 2. The molecule has 10 nitrogen and oxygen atoms in total. The molecular formula is C34H22F6N2O8S2. The summed E-state index contributed by atoms with van der Waals surface area (Å²) in [4.78, 5) is 11.0. The van der Waals surface area contributed by atoms with Crippen molar-refractivity contribution in [3.63, 3.8) is 0 Å². The van der Waals surface area contributed by atoms with Gasteiger partial charge in [-0.15, -0.1) is 0 Å². The lowest BCUT2D eigenvalue weighted by molar-refractivity contribution is -0.0976. The van der Waals surface area contributed by atoms with E-state index in [2.05, 4.69) is 0 Å². The Kier molecular flexibility index (Phi) is 9.66. The van der Waals surface area contributed by atoms with Gasteiger partial charge in [0.1, 0.15) is 40.7 Å². The zero-order valence-electron chi connectivity index (χ0n) is 26.5. The van der Waals surface area contributed by atoms with E-state index in [4.69, 9.17) is 20.0 Å². The number of benzene rings is 4. The van der Waals surface area contributed by atoms with Gasteiger partial charge in [-0.05, 0) is 48.5 Å². The second-order valence-electron chi connectivity index (χ2n) is 11.7. The van der Waals surface area contributed by atoms with Crippen LogP contribution in [0.5, 0.6) is 23.0 Å². The Balaban J connectivity index is 0.000000201. The van der Waals surface area contributed by atoms with Crippen molar-refractivity contribution in [2.24, 2.45) is 0 Å². The smallest absolute Gasteiger partial charge is 0.313 e. The zero-order chi connectivity index (χ0) is 38.6. The first-order valence-electron chi connectivity index (χ1n) is 14.5. The highest BCUT2D eigenvalue weighted by Crippen LogP contribution is 2.50. The number of alkyl halides is 4. The first-order valence-corrected chi connectivity index (χ1v) is 18.3. The maximum absolute atomic E-state index is 14.0. The molecule has 6 rings (SSSR count). The fourth-order valence-electron chi connectivity index (χ4n) is 5.62. The quantitative estimate of drug-likeness (QED) is 0.217. The predicted molar refractivity (Wildman–Crippen MR) is 168 cm³/mol. The number of halogens is 6. The SMILES string of the molecule is CS(=O)(=O)c1ccc(Oc2cc(F)cc(C#N)c2)c2c1C(=O)C(F)(F)C2.CS(=O)(=O)c1ccc(Oc2cc(F)cc(C#N)c2)c2c1[C@H](O)C(F)(F)C2. The van der Waals surface area contributed by atoms with Gasteiger partial charge in [0.2, 0.25) is 5.78 Å². The molecule has 0 radical (unpaired) electrons. The number of hydrogen-bond donors (Lipinski definition) is 1. The topological polar surface area (TPSA) is 172 Å². The van der Waals surface area contributed by atoms with E-state index in [0.717, 1.165) is 55.0 Å². The predicted octanol–water partition coefficient (Wildman–Crippen LogP) is 6.39. The van der Waals surface area contributed by atoms with E-state index in [-0.39, 0.29) is 45.3 Å². The van der Waals surface area contributed by atoms with Crippen molar-refractivity contribution >= 4 is 25.5 Å². The van der Waals surface area contributed by atoms with Crippen LogP contribution in [0.2, 0.25) is 0 Å². The molecule has 0 saturated carbocycles. The highest BCUT2D eigenvalue weighted by Gasteiger charge is 2.51. The van der Waals surface area contributed by atoms with E-state index >= 15 is 0 Å². The Hall–Kier alpha value is -5.43. The molecule has 0 unspecified atom stereocenters. The van der Waals surface area contributed by atoms with Crippen LogP contribution in [-0.2, 0) is 32.5 Å². The minimum Gasteiger partial charge on any atom is -0.457 e. The average molecular weight is 765 g/mol. The Morgan fingerprint density at radius 1 is 0.731 bits per heavy atom. The fraction of sp³-hybridized carbons (Fsp3) is 0.206. The van der Waals surface area contributed by atoms with Gasteiger partial charge in [0.15, 0.2) is 19.7 Å². The Bertz CT molecular complexity index is 2480. The number of nitriles is 2. The van der Waals surface area contributed by atoms with Crippen LogP contribution in [0.3, 0.4) is 0 Å². The first-order chi connectivity index (χ1) is 24.1. The third-order valence-electron chi connectivity index (χ3n) is 7.81. The molecule has 0 aromatic heterocycles. The van der Waals surface area contributed by atoms with E-state index in [1.807, 2.05) is 0 Å². The lowest BCUT2D eigenvalue weighted by Crippen LogP contribution is -2.24. The molecule has 1 N–H and O–H groups in total. The van der Waals surface area contributed by atoms with Gasteiger partial charge < -0.3 is 14.6 Å². The molecule has 52 heavy (non-hydrogen) atoms. The second-order valence-corrected chi connectivity index (χ2v) is 15.7. The molecule has 270 valence electrons. The average Bonchev–Trinajstić information content (AvgIpc) is 3.43.